The largest absolute Gasteiger partial charge is 0.459 e. The van der Waals surface area contributed by atoms with E-state index in [1.54, 1.807) is 0 Å². The molecule has 4 heteroatoms. The molecule has 1 aromatic carbocycles. The van der Waals surface area contributed by atoms with Crippen molar-refractivity contribution in [3.05, 3.63) is 56.4 Å². The second-order valence-electron chi connectivity index (χ2n) is 5.61. The van der Waals surface area contributed by atoms with E-state index in [0.29, 0.717) is 0 Å². The lowest BCUT2D eigenvalue weighted by Gasteiger charge is -2.08. The Morgan fingerprint density at radius 2 is 2.00 bits per heavy atom. The Morgan fingerprint density at radius 3 is 2.86 bits per heavy atom. The summed E-state index contributed by atoms with van der Waals surface area (Å²) < 4.78 is 5.89. The molecule has 0 fully saturated rings. The van der Waals surface area contributed by atoms with Crippen LogP contribution >= 0.6 is 22.9 Å². The zero-order chi connectivity index (χ0) is 14.4. The summed E-state index contributed by atoms with van der Waals surface area (Å²) in [5.74, 6) is 0.811. The second kappa shape index (κ2) is 5.16. The maximum Gasteiger partial charge on any atom is 0.134 e. The molecule has 0 spiro atoms. The van der Waals surface area contributed by atoms with Crippen LogP contribution in [-0.2, 0) is 12.8 Å². The first-order valence-corrected chi connectivity index (χ1v) is 8.46. The molecule has 1 unspecified atom stereocenters. The van der Waals surface area contributed by atoms with Gasteiger partial charge in [-0.05, 0) is 61.6 Å². The van der Waals surface area contributed by atoms with Gasteiger partial charge in [0.1, 0.15) is 11.3 Å². The van der Waals surface area contributed by atoms with E-state index >= 15 is 0 Å². The number of fused-ring (bicyclic) bond motifs is 2. The molecular formula is C17H16ClNOS. The Bertz CT molecular complexity index is 781. The van der Waals surface area contributed by atoms with E-state index in [1.165, 1.54) is 41.0 Å². The van der Waals surface area contributed by atoms with E-state index in [0.717, 1.165) is 21.8 Å². The minimum absolute atomic E-state index is 0.188. The second-order valence-corrected chi connectivity index (χ2v) is 7.22. The van der Waals surface area contributed by atoms with E-state index in [1.807, 2.05) is 35.6 Å². The first-order chi connectivity index (χ1) is 10.2. The summed E-state index contributed by atoms with van der Waals surface area (Å²) in [6.45, 7) is 0. The third-order valence-electron chi connectivity index (χ3n) is 4.13. The summed E-state index contributed by atoms with van der Waals surface area (Å²) in [7, 11) is 0. The first kappa shape index (κ1) is 13.4. The van der Waals surface area contributed by atoms with Crippen LogP contribution in [0.5, 0.6) is 0 Å². The molecule has 0 amide bonds. The van der Waals surface area contributed by atoms with E-state index < -0.39 is 0 Å². The lowest BCUT2D eigenvalue weighted by atomic mass is 9.98. The molecule has 2 heterocycles. The van der Waals surface area contributed by atoms with Gasteiger partial charge in [-0.25, -0.2) is 0 Å². The van der Waals surface area contributed by atoms with Gasteiger partial charge in [-0.15, -0.1) is 11.3 Å². The standard InChI is InChI=1S/C17H16ClNOS/c18-12-5-6-13-11(7-12)8-14(20-13)17(19)16-9-10-3-1-2-4-15(10)21-16/h5-9,17H,1-4,19H2. The zero-order valence-electron chi connectivity index (χ0n) is 11.6. The van der Waals surface area contributed by atoms with E-state index in [9.17, 15) is 0 Å². The van der Waals surface area contributed by atoms with Gasteiger partial charge in [-0.3, -0.25) is 0 Å². The lowest BCUT2D eigenvalue weighted by molar-refractivity contribution is 0.527. The van der Waals surface area contributed by atoms with Crippen LogP contribution < -0.4 is 5.73 Å². The molecule has 1 aliphatic rings. The van der Waals surface area contributed by atoms with Crippen molar-refractivity contribution in [3.8, 4) is 0 Å². The highest BCUT2D eigenvalue weighted by molar-refractivity contribution is 7.12. The van der Waals surface area contributed by atoms with E-state index in [2.05, 4.69) is 6.07 Å². The van der Waals surface area contributed by atoms with Gasteiger partial charge in [0.2, 0.25) is 0 Å². The summed E-state index contributed by atoms with van der Waals surface area (Å²) in [5.41, 5.74) is 8.74. The first-order valence-electron chi connectivity index (χ1n) is 7.27. The normalized spacial score (nSPS) is 16.1. The molecule has 1 atom stereocenters. The van der Waals surface area contributed by atoms with Crippen LogP contribution in [0, 0.1) is 0 Å². The maximum atomic E-state index is 6.41. The van der Waals surface area contributed by atoms with Crippen molar-refractivity contribution in [2.45, 2.75) is 31.7 Å². The SMILES string of the molecule is NC(c1cc2cc(Cl)ccc2o1)c1cc2c(s1)CCCC2. The van der Waals surface area contributed by atoms with Gasteiger partial charge >= 0.3 is 0 Å². The van der Waals surface area contributed by atoms with Crippen molar-refractivity contribution in [3.63, 3.8) is 0 Å². The van der Waals surface area contributed by atoms with Gasteiger partial charge in [-0.2, -0.15) is 0 Å². The van der Waals surface area contributed by atoms with Crippen molar-refractivity contribution < 1.29 is 4.42 Å². The molecule has 3 aromatic rings. The highest BCUT2D eigenvalue weighted by Gasteiger charge is 2.20. The van der Waals surface area contributed by atoms with Gasteiger partial charge in [0, 0.05) is 20.2 Å². The summed E-state index contributed by atoms with van der Waals surface area (Å²) in [6.07, 6.45) is 4.98. The van der Waals surface area contributed by atoms with E-state index in [4.69, 9.17) is 21.8 Å². The van der Waals surface area contributed by atoms with Crippen molar-refractivity contribution in [2.75, 3.05) is 0 Å². The average Bonchev–Trinajstić information content (AvgIpc) is 3.09. The molecule has 0 radical (unpaired) electrons. The Morgan fingerprint density at radius 1 is 1.14 bits per heavy atom. The summed E-state index contributed by atoms with van der Waals surface area (Å²) >= 11 is 7.86. The van der Waals surface area contributed by atoms with Crippen molar-refractivity contribution in [2.24, 2.45) is 5.73 Å². The smallest absolute Gasteiger partial charge is 0.134 e. The highest BCUT2D eigenvalue weighted by atomic mass is 35.5. The van der Waals surface area contributed by atoms with E-state index in [-0.39, 0.29) is 6.04 Å². The van der Waals surface area contributed by atoms with Gasteiger partial charge in [0.05, 0.1) is 6.04 Å². The fourth-order valence-corrected chi connectivity index (χ4v) is 4.44. The average molecular weight is 318 g/mol. The number of thiophene rings is 1. The minimum atomic E-state index is -0.188. The highest BCUT2D eigenvalue weighted by Crippen LogP contribution is 2.36. The predicted octanol–water partition coefficient (Wildman–Crippen LogP) is 5.07. The third-order valence-corrected chi connectivity index (χ3v) is 5.68. The Kier molecular flexibility index (Phi) is 3.29. The maximum absolute atomic E-state index is 6.41. The summed E-state index contributed by atoms with van der Waals surface area (Å²) in [6, 6.07) is 9.73. The topological polar surface area (TPSA) is 39.2 Å². The molecule has 108 valence electrons. The quantitative estimate of drug-likeness (QED) is 0.716. The molecule has 0 aliphatic heterocycles. The van der Waals surface area contributed by atoms with Crippen molar-refractivity contribution in [1.82, 2.24) is 0 Å². The van der Waals surface area contributed by atoms with Crippen LogP contribution in [0.1, 0.15) is 40.0 Å². The molecular weight excluding hydrogens is 302 g/mol. The number of aryl methyl sites for hydroxylation is 2. The molecule has 0 saturated heterocycles. The molecule has 1 aliphatic carbocycles. The number of benzene rings is 1. The third kappa shape index (κ3) is 2.39. The number of halogens is 1. The Labute approximate surface area is 132 Å². The number of hydrogen-bond acceptors (Lipinski definition) is 3. The Hall–Kier alpha value is -1.29. The van der Waals surface area contributed by atoms with Crippen LogP contribution in [0.4, 0.5) is 0 Å². The summed E-state index contributed by atoms with van der Waals surface area (Å²) in [5, 5.41) is 1.73. The van der Waals surface area contributed by atoms with Gasteiger partial charge in [0.25, 0.3) is 0 Å². The van der Waals surface area contributed by atoms with Crippen molar-refractivity contribution in [1.29, 1.82) is 0 Å². The van der Waals surface area contributed by atoms with Gasteiger partial charge in [-0.1, -0.05) is 11.6 Å². The molecule has 2 N–H and O–H groups in total. The number of furan rings is 1. The van der Waals surface area contributed by atoms with Crippen LogP contribution in [0.25, 0.3) is 11.0 Å². The molecule has 2 nitrogen and oxygen atoms in total. The molecule has 2 aromatic heterocycles. The molecule has 21 heavy (non-hydrogen) atoms. The predicted molar refractivity (Wildman–Crippen MR) is 88.2 cm³/mol. The number of nitrogens with two attached hydrogens (primary N) is 1. The lowest BCUT2D eigenvalue weighted by Crippen LogP contribution is -2.08. The van der Waals surface area contributed by atoms with Crippen LogP contribution in [0.3, 0.4) is 0 Å². The minimum Gasteiger partial charge on any atom is -0.459 e. The van der Waals surface area contributed by atoms with Crippen LogP contribution in [-0.4, -0.2) is 0 Å². The van der Waals surface area contributed by atoms with Gasteiger partial charge < -0.3 is 10.2 Å². The zero-order valence-corrected chi connectivity index (χ0v) is 13.1. The molecule has 0 saturated carbocycles. The summed E-state index contributed by atoms with van der Waals surface area (Å²) in [4.78, 5) is 2.71. The van der Waals surface area contributed by atoms with Crippen molar-refractivity contribution >= 4 is 33.9 Å². The Balaban J connectivity index is 1.71. The monoisotopic (exact) mass is 317 g/mol. The van der Waals surface area contributed by atoms with Crippen LogP contribution in [0.15, 0.2) is 34.7 Å². The molecule has 4 rings (SSSR count). The number of rotatable bonds is 2. The fraction of sp³-hybridized carbons (Fsp3) is 0.294. The molecule has 0 bridgehead atoms. The fourth-order valence-electron chi connectivity index (χ4n) is 3.00. The number of hydrogen-bond donors (Lipinski definition) is 1. The van der Waals surface area contributed by atoms with Crippen LogP contribution in [0.2, 0.25) is 5.02 Å². The van der Waals surface area contributed by atoms with Gasteiger partial charge in [0.15, 0.2) is 0 Å².